The zero-order chi connectivity index (χ0) is 26.4. The Bertz CT molecular complexity index is 1690. The molecule has 2 aromatic carbocycles. The number of carbonyl (C=O) groups excluding carboxylic acids is 1. The van der Waals surface area contributed by atoms with Crippen LogP contribution in [-0.2, 0) is 4.74 Å². The van der Waals surface area contributed by atoms with Crippen LogP contribution in [0.4, 0.5) is 10.5 Å². The molecule has 12 heteroatoms. The minimum Gasteiger partial charge on any atom is -0.480 e. The number of nitrogens with zero attached hydrogens (tertiary/aromatic N) is 5. The molecule has 3 aromatic heterocycles. The van der Waals surface area contributed by atoms with Crippen molar-refractivity contribution >= 4 is 60.3 Å². The van der Waals surface area contributed by atoms with Crippen LogP contribution < -0.4 is 19.1 Å². The molecule has 10 nitrogen and oxygen atoms in total. The van der Waals surface area contributed by atoms with Gasteiger partial charge in [0.2, 0.25) is 5.88 Å². The Morgan fingerprint density at radius 2 is 2.00 bits per heavy atom. The maximum absolute atomic E-state index is 12.7. The topological polar surface area (TPSA) is 109 Å². The monoisotopic (exact) mass is 593 g/mol. The summed E-state index contributed by atoms with van der Waals surface area (Å²) in [4.78, 5) is 32.1. The number of carbonyl (C=O) groups is 1. The average molecular weight is 594 g/mol. The van der Waals surface area contributed by atoms with Crippen molar-refractivity contribution in [1.29, 1.82) is 0 Å². The summed E-state index contributed by atoms with van der Waals surface area (Å²) < 4.78 is 24.3. The molecule has 0 N–H and O–H groups in total. The van der Waals surface area contributed by atoms with Crippen LogP contribution in [0.15, 0.2) is 53.4 Å². The van der Waals surface area contributed by atoms with Gasteiger partial charge in [0, 0.05) is 12.6 Å². The van der Waals surface area contributed by atoms with Crippen LogP contribution >= 0.6 is 27.3 Å². The van der Waals surface area contributed by atoms with E-state index in [9.17, 15) is 4.79 Å². The molecule has 0 saturated heterocycles. The van der Waals surface area contributed by atoms with Crippen LogP contribution in [0.5, 0.6) is 17.4 Å². The van der Waals surface area contributed by atoms with E-state index in [1.807, 2.05) is 25.1 Å². The first-order valence-electron chi connectivity index (χ1n) is 11.5. The minimum atomic E-state index is -0.906. The number of anilines is 1. The van der Waals surface area contributed by atoms with Crippen molar-refractivity contribution in [1.82, 2.24) is 19.9 Å². The summed E-state index contributed by atoms with van der Waals surface area (Å²) >= 11 is 4.76. The Kier molecular flexibility index (Phi) is 6.20. The van der Waals surface area contributed by atoms with Gasteiger partial charge in [0.05, 0.1) is 41.7 Å². The molecule has 1 atom stereocenters. The number of aromatic nitrogens is 4. The number of halogens is 1. The fourth-order valence-electron chi connectivity index (χ4n) is 4.05. The van der Waals surface area contributed by atoms with Crippen LogP contribution in [0.3, 0.4) is 0 Å². The molecule has 0 spiro atoms. The van der Waals surface area contributed by atoms with Gasteiger partial charge < -0.3 is 18.9 Å². The molecule has 1 amide bonds. The molecule has 0 fully saturated rings. The molecule has 5 aromatic rings. The van der Waals surface area contributed by atoms with Gasteiger partial charge in [-0.15, -0.1) is 11.3 Å². The predicted octanol–water partition coefficient (Wildman–Crippen LogP) is 5.75. The molecular formula is C26H20BrN5O5S. The number of rotatable bonds is 4. The second-order valence-corrected chi connectivity index (χ2v) is 10.3. The summed E-state index contributed by atoms with van der Waals surface area (Å²) in [5, 5.41) is 0.781. The fraction of sp³-hybridized carbons (Fsp3) is 0.192. The SMILES string of the molecule is COc1cnc2c(-c3nc4ccc5c(c4s3)OC[C@@H](OC(=O)N(C)c3ccc(Br)nc3)O5)cc(C)cc2n1. The highest BCUT2D eigenvalue weighted by Crippen LogP contribution is 2.44. The second-order valence-electron chi connectivity index (χ2n) is 8.49. The lowest BCUT2D eigenvalue weighted by Gasteiger charge is -2.27. The normalized spacial score (nSPS) is 14.5. The van der Waals surface area contributed by atoms with Crippen LogP contribution in [0.1, 0.15) is 5.56 Å². The first-order chi connectivity index (χ1) is 18.4. The van der Waals surface area contributed by atoms with E-state index in [4.69, 9.17) is 23.9 Å². The minimum absolute atomic E-state index is 0.0379. The van der Waals surface area contributed by atoms with Crippen molar-refractivity contribution < 1.29 is 23.7 Å². The summed E-state index contributed by atoms with van der Waals surface area (Å²) in [6.45, 7) is 2.04. The molecule has 192 valence electrons. The van der Waals surface area contributed by atoms with E-state index in [2.05, 4.69) is 30.9 Å². The average Bonchev–Trinajstić information content (AvgIpc) is 3.37. The number of ether oxygens (including phenoxy) is 4. The summed E-state index contributed by atoms with van der Waals surface area (Å²) in [7, 11) is 3.16. The second kappa shape index (κ2) is 9.69. The highest BCUT2D eigenvalue weighted by molar-refractivity contribution is 9.10. The number of aryl methyl sites for hydroxylation is 1. The molecule has 1 aliphatic heterocycles. The summed E-state index contributed by atoms with van der Waals surface area (Å²) in [5.41, 5.74) is 4.72. The lowest BCUT2D eigenvalue weighted by Crippen LogP contribution is -2.38. The van der Waals surface area contributed by atoms with Crippen molar-refractivity contribution in [2.45, 2.75) is 13.2 Å². The predicted molar refractivity (Wildman–Crippen MR) is 146 cm³/mol. The van der Waals surface area contributed by atoms with E-state index in [1.165, 1.54) is 16.2 Å². The van der Waals surface area contributed by atoms with Crippen molar-refractivity contribution in [3.05, 3.63) is 59.0 Å². The zero-order valence-electron chi connectivity index (χ0n) is 20.5. The summed E-state index contributed by atoms with van der Waals surface area (Å²) in [5.74, 6) is 1.49. The van der Waals surface area contributed by atoms with Crippen LogP contribution in [0.25, 0.3) is 31.8 Å². The molecule has 38 heavy (non-hydrogen) atoms. The summed E-state index contributed by atoms with van der Waals surface area (Å²) in [6, 6.07) is 11.1. The molecule has 0 aliphatic carbocycles. The van der Waals surface area contributed by atoms with Crippen LogP contribution in [0.2, 0.25) is 0 Å². The third-order valence-electron chi connectivity index (χ3n) is 5.91. The number of hydrogen-bond acceptors (Lipinski definition) is 10. The van der Waals surface area contributed by atoms with Crippen LogP contribution in [0, 0.1) is 6.92 Å². The molecule has 0 bridgehead atoms. The molecule has 0 saturated carbocycles. The maximum atomic E-state index is 12.7. The maximum Gasteiger partial charge on any atom is 0.417 e. The Morgan fingerprint density at radius 3 is 2.79 bits per heavy atom. The molecular weight excluding hydrogens is 574 g/mol. The number of thiazole rings is 1. The van der Waals surface area contributed by atoms with Gasteiger partial charge in [-0.3, -0.25) is 4.90 Å². The molecule has 0 radical (unpaired) electrons. The third-order valence-corrected chi connectivity index (χ3v) is 7.48. The summed E-state index contributed by atoms with van der Waals surface area (Å²) in [6.07, 6.45) is 1.67. The van der Waals surface area contributed by atoms with Gasteiger partial charge in [-0.1, -0.05) is 0 Å². The Balaban J connectivity index is 1.27. The van der Waals surface area contributed by atoms with Gasteiger partial charge in [-0.2, -0.15) is 0 Å². The quantitative estimate of drug-likeness (QED) is 0.240. The number of hydrogen-bond donors (Lipinski definition) is 0. The van der Waals surface area contributed by atoms with Crippen molar-refractivity contribution in [2.24, 2.45) is 0 Å². The van der Waals surface area contributed by atoms with E-state index >= 15 is 0 Å². The van der Waals surface area contributed by atoms with Gasteiger partial charge in [0.1, 0.15) is 14.3 Å². The highest BCUT2D eigenvalue weighted by Gasteiger charge is 2.29. The van der Waals surface area contributed by atoms with E-state index < -0.39 is 12.4 Å². The molecule has 1 aliphatic rings. The molecule has 0 unspecified atom stereocenters. The smallest absolute Gasteiger partial charge is 0.417 e. The first kappa shape index (κ1) is 24.3. The van der Waals surface area contributed by atoms with Gasteiger partial charge in [0.15, 0.2) is 18.1 Å². The fourth-order valence-corrected chi connectivity index (χ4v) is 5.36. The molecule has 6 rings (SSSR count). The Hall–Kier alpha value is -4.03. The van der Waals surface area contributed by atoms with Crippen molar-refractivity contribution in [2.75, 3.05) is 25.7 Å². The van der Waals surface area contributed by atoms with Gasteiger partial charge in [-0.25, -0.2) is 24.7 Å². The van der Waals surface area contributed by atoms with Gasteiger partial charge >= 0.3 is 6.09 Å². The standard InChI is InChI=1S/C26H20BrN5O5S/c1-13-8-15(22-17(9-13)30-20(34-3)11-29-22)25-31-16-5-6-18-23(24(16)38-25)35-12-21(36-18)37-26(33)32(2)14-4-7-19(27)28-10-14/h4-11,21H,12H2,1-3H3/t21-/m1/s1. The highest BCUT2D eigenvalue weighted by atomic mass is 79.9. The number of amides is 1. The van der Waals surface area contributed by atoms with E-state index in [0.29, 0.717) is 27.7 Å². The van der Waals surface area contributed by atoms with Crippen molar-refractivity contribution in [3.8, 4) is 28.0 Å². The lowest BCUT2D eigenvalue weighted by atomic mass is 10.1. The lowest BCUT2D eigenvalue weighted by molar-refractivity contribution is -0.0717. The number of pyridine rings is 1. The van der Waals surface area contributed by atoms with Gasteiger partial charge in [0.25, 0.3) is 6.29 Å². The number of fused-ring (bicyclic) bond motifs is 4. The largest absolute Gasteiger partial charge is 0.480 e. The van der Waals surface area contributed by atoms with E-state index in [0.717, 1.165) is 37.4 Å². The Morgan fingerprint density at radius 1 is 1.13 bits per heavy atom. The third kappa shape index (κ3) is 4.45. The van der Waals surface area contributed by atoms with E-state index in [1.54, 1.807) is 44.8 Å². The number of benzene rings is 2. The zero-order valence-corrected chi connectivity index (χ0v) is 22.9. The number of methoxy groups -OCH3 is 1. The van der Waals surface area contributed by atoms with E-state index in [-0.39, 0.29) is 6.61 Å². The van der Waals surface area contributed by atoms with Crippen LogP contribution in [-0.4, -0.2) is 53.1 Å². The molecule has 4 heterocycles. The van der Waals surface area contributed by atoms with Crippen molar-refractivity contribution in [3.63, 3.8) is 0 Å². The Labute approximate surface area is 229 Å². The first-order valence-corrected chi connectivity index (χ1v) is 13.1. The van der Waals surface area contributed by atoms with Gasteiger partial charge in [-0.05, 0) is 64.8 Å².